The molecule has 0 saturated heterocycles. The van der Waals surface area contributed by atoms with Gasteiger partial charge in [0.25, 0.3) is 11.8 Å². The lowest BCUT2D eigenvalue weighted by Crippen LogP contribution is -2.22. The largest absolute Gasteiger partial charge is 0.497 e. The van der Waals surface area contributed by atoms with Crippen LogP contribution in [0, 0.1) is 0 Å². The van der Waals surface area contributed by atoms with Crippen molar-refractivity contribution in [1.29, 1.82) is 0 Å². The zero-order chi connectivity index (χ0) is 21.3. The quantitative estimate of drug-likeness (QED) is 0.386. The van der Waals surface area contributed by atoms with Gasteiger partial charge in [-0.05, 0) is 70.4 Å². The molecule has 0 atom stereocenters. The van der Waals surface area contributed by atoms with Crippen molar-refractivity contribution in [2.24, 2.45) is 0 Å². The summed E-state index contributed by atoms with van der Waals surface area (Å²) in [5.74, 6) is 0.580. The van der Waals surface area contributed by atoms with E-state index in [-0.39, 0.29) is 4.48 Å². The molecule has 0 saturated carbocycles. The Morgan fingerprint density at radius 1 is 1.00 bits per heavy atom. The monoisotopic (exact) mass is 468 g/mol. The van der Waals surface area contributed by atoms with Crippen molar-refractivity contribution >= 4 is 44.2 Å². The van der Waals surface area contributed by atoms with Crippen LogP contribution in [0.1, 0.15) is 25.3 Å². The van der Waals surface area contributed by atoms with E-state index in [2.05, 4.69) is 33.2 Å². The van der Waals surface area contributed by atoms with Crippen LogP contribution in [0.4, 0.5) is 0 Å². The molecule has 2 N–H and O–H groups in total. The molecule has 1 aliphatic heterocycles. The number of methoxy groups -OCH3 is 1. The van der Waals surface area contributed by atoms with Gasteiger partial charge in [0.2, 0.25) is 0 Å². The smallest absolute Gasteiger partial charge is 0.265 e. The lowest BCUT2D eigenvalue weighted by atomic mass is 9.98. The van der Waals surface area contributed by atoms with Crippen LogP contribution in [-0.4, -0.2) is 30.5 Å². The van der Waals surface area contributed by atoms with Gasteiger partial charge in [-0.2, -0.15) is 0 Å². The predicted molar refractivity (Wildman–Crippen MR) is 120 cm³/mol. The molecule has 1 aliphatic rings. The Morgan fingerprint density at radius 2 is 1.73 bits per heavy atom. The highest BCUT2D eigenvalue weighted by molar-refractivity contribution is 9.12. The second-order valence-corrected chi connectivity index (χ2v) is 7.78. The van der Waals surface area contributed by atoms with Gasteiger partial charge < -0.3 is 14.5 Å². The summed E-state index contributed by atoms with van der Waals surface area (Å²) in [6.07, 6.45) is 2.00. The van der Waals surface area contributed by atoms with Gasteiger partial charge in [-0.25, -0.2) is 0 Å². The van der Waals surface area contributed by atoms with Crippen LogP contribution in [0.5, 0.6) is 11.5 Å². The maximum Gasteiger partial charge on any atom is 0.265 e. The van der Waals surface area contributed by atoms with Crippen LogP contribution >= 0.6 is 15.9 Å². The highest BCUT2D eigenvalue weighted by atomic mass is 79.9. The van der Waals surface area contributed by atoms with E-state index in [1.807, 2.05) is 42.5 Å². The maximum atomic E-state index is 12.6. The van der Waals surface area contributed by atoms with Gasteiger partial charge in [0.05, 0.1) is 29.5 Å². The summed E-state index contributed by atoms with van der Waals surface area (Å²) in [5.41, 5.74) is 3.43. The van der Waals surface area contributed by atoms with Gasteiger partial charge in [-0.15, -0.1) is 0 Å². The fourth-order valence-electron chi connectivity index (χ4n) is 3.49. The third-order valence-corrected chi connectivity index (χ3v) is 5.79. The molecule has 0 fully saturated rings. The van der Waals surface area contributed by atoms with E-state index in [1.165, 1.54) is 0 Å². The molecule has 2 aromatic carbocycles. The van der Waals surface area contributed by atoms with E-state index in [0.717, 1.165) is 46.5 Å². The number of aromatic nitrogens is 1. The lowest BCUT2D eigenvalue weighted by molar-refractivity contribution is -0.123. The standard InChI is InChI=1S/C23H21BrN2O4/c1-3-4-11-30-15-9-10-17-16(12-15)18(19-20(24)23(28)26-22(19)27)21(25-17)13-5-7-14(29-2)8-6-13/h5-10,12,25H,3-4,11H2,1-2H3,(H,26,27,28). The number of fused-ring (bicyclic) bond motifs is 1. The summed E-state index contributed by atoms with van der Waals surface area (Å²) < 4.78 is 11.3. The molecule has 0 unspecified atom stereocenters. The summed E-state index contributed by atoms with van der Waals surface area (Å²) in [6.45, 7) is 2.73. The van der Waals surface area contributed by atoms with Crippen molar-refractivity contribution < 1.29 is 19.1 Å². The first-order valence-electron chi connectivity index (χ1n) is 9.72. The minimum absolute atomic E-state index is 0.223. The number of halogens is 1. The molecule has 2 heterocycles. The molecule has 30 heavy (non-hydrogen) atoms. The number of hydrogen-bond acceptors (Lipinski definition) is 4. The van der Waals surface area contributed by atoms with E-state index in [4.69, 9.17) is 9.47 Å². The van der Waals surface area contributed by atoms with E-state index in [1.54, 1.807) is 7.11 Å². The summed E-state index contributed by atoms with van der Waals surface area (Å²) in [6, 6.07) is 13.3. The van der Waals surface area contributed by atoms with Gasteiger partial charge >= 0.3 is 0 Å². The van der Waals surface area contributed by atoms with Gasteiger partial charge in [-0.1, -0.05) is 13.3 Å². The molecule has 1 aromatic heterocycles. The minimum atomic E-state index is -0.444. The van der Waals surface area contributed by atoms with Gasteiger partial charge in [-0.3, -0.25) is 14.9 Å². The molecule has 2 amide bonds. The Hall–Kier alpha value is -3.06. The molecule has 0 bridgehead atoms. The summed E-state index contributed by atoms with van der Waals surface area (Å²) in [7, 11) is 1.61. The number of H-pyrrole nitrogens is 1. The number of unbranched alkanes of at least 4 members (excludes halogenated alkanes) is 1. The van der Waals surface area contributed by atoms with Crippen molar-refractivity contribution in [1.82, 2.24) is 10.3 Å². The third-order valence-electron chi connectivity index (χ3n) is 5.04. The number of aromatic amines is 1. The Labute approximate surface area is 182 Å². The Balaban J connectivity index is 1.92. The van der Waals surface area contributed by atoms with Crippen molar-refractivity contribution in [3.8, 4) is 22.8 Å². The van der Waals surface area contributed by atoms with Gasteiger partial charge in [0.1, 0.15) is 11.5 Å². The zero-order valence-electron chi connectivity index (χ0n) is 16.7. The molecule has 6 nitrogen and oxygen atoms in total. The Morgan fingerprint density at radius 3 is 2.37 bits per heavy atom. The number of hydrogen-bond donors (Lipinski definition) is 2. The molecule has 154 valence electrons. The number of ether oxygens (including phenoxy) is 2. The van der Waals surface area contributed by atoms with E-state index in [0.29, 0.717) is 17.7 Å². The number of rotatable bonds is 7. The van der Waals surface area contributed by atoms with Crippen molar-refractivity contribution in [2.45, 2.75) is 19.8 Å². The lowest BCUT2D eigenvalue weighted by Gasteiger charge is -2.08. The van der Waals surface area contributed by atoms with Crippen LogP contribution < -0.4 is 14.8 Å². The molecule has 0 spiro atoms. The van der Waals surface area contributed by atoms with Crippen molar-refractivity contribution in [3.05, 3.63) is 52.5 Å². The second kappa shape index (κ2) is 8.36. The fourth-order valence-corrected chi connectivity index (χ4v) is 3.96. The van der Waals surface area contributed by atoms with Gasteiger partial charge in [0, 0.05) is 16.5 Å². The molecule has 7 heteroatoms. The molecule has 4 rings (SSSR count). The van der Waals surface area contributed by atoms with Crippen LogP contribution in [0.15, 0.2) is 46.9 Å². The van der Waals surface area contributed by atoms with Crippen LogP contribution in [0.2, 0.25) is 0 Å². The number of carbonyl (C=O) groups excluding carboxylic acids is 2. The van der Waals surface area contributed by atoms with Crippen molar-refractivity contribution in [2.75, 3.05) is 13.7 Å². The number of benzene rings is 2. The molecular formula is C23H21BrN2O4. The molecule has 3 aromatic rings. The van der Waals surface area contributed by atoms with Crippen molar-refractivity contribution in [3.63, 3.8) is 0 Å². The average Bonchev–Trinajstić information content (AvgIpc) is 3.24. The topological polar surface area (TPSA) is 80.4 Å². The minimum Gasteiger partial charge on any atom is -0.497 e. The zero-order valence-corrected chi connectivity index (χ0v) is 18.3. The number of nitrogens with one attached hydrogen (secondary N) is 2. The van der Waals surface area contributed by atoms with Crippen LogP contribution in [0.25, 0.3) is 27.7 Å². The maximum absolute atomic E-state index is 12.6. The SMILES string of the molecule is CCCCOc1ccc2[nH]c(-c3ccc(OC)cc3)c(C3=C(Br)C(=O)NC3=O)c2c1. The van der Waals surface area contributed by atoms with E-state index in [9.17, 15) is 9.59 Å². The first-order chi connectivity index (χ1) is 14.5. The molecule has 0 radical (unpaired) electrons. The molecule has 0 aliphatic carbocycles. The fraction of sp³-hybridized carbons (Fsp3) is 0.217. The normalized spacial score (nSPS) is 13.8. The Kier molecular flexibility index (Phi) is 5.63. The highest BCUT2D eigenvalue weighted by Gasteiger charge is 2.33. The number of amides is 2. The third kappa shape index (κ3) is 3.61. The predicted octanol–water partition coefficient (Wildman–Crippen LogP) is 4.78. The van der Waals surface area contributed by atoms with E-state index < -0.39 is 11.8 Å². The number of imide groups is 1. The summed E-state index contributed by atoms with van der Waals surface area (Å²) in [5, 5.41) is 3.17. The van der Waals surface area contributed by atoms with Crippen LogP contribution in [0.3, 0.4) is 0 Å². The van der Waals surface area contributed by atoms with E-state index >= 15 is 0 Å². The summed E-state index contributed by atoms with van der Waals surface area (Å²) >= 11 is 3.30. The number of carbonyl (C=O) groups is 2. The van der Waals surface area contributed by atoms with Gasteiger partial charge in [0.15, 0.2) is 0 Å². The van der Waals surface area contributed by atoms with Crippen LogP contribution in [-0.2, 0) is 9.59 Å². The highest BCUT2D eigenvalue weighted by Crippen LogP contribution is 2.41. The molecular weight excluding hydrogens is 448 g/mol. The summed E-state index contributed by atoms with van der Waals surface area (Å²) in [4.78, 5) is 28.1. The average molecular weight is 469 g/mol. The second-order valence-electron chi connectivity index (χ2n) is 6.99. The first-order valence-corrected chi connectivity index (χ1v) is 10.5. The first kappa shape index (κ1) is 20.2. The Bertz CT molecular complexity index is 1160.